The first-order chi connectivity index (χ1) is 13.3. The Morgan fingerprint density at radius 2 is 1.96 bits per heavy atom. The van der Waals surface area contributed by atoms with Crippen LogP contribution in [0.4, 0.5) is 4.39 Å². The number of nitrogens with zero attached hydrogens (tertiary/aromatic N) is 5. The molecule has 1 atom stereocenters. The van der Waals surface area contributed by atoms with E-state index in [9.17, 15) is 4.39 Å². The van der Waals surface area contributed by atoms with E-state index in [-0.39, 0.29) is 5.82 Å². The van der Waals surface area contributed by atoms with Crippen LogP contribution in [0, 0.1) is 5.82 Å². The summed E-state index contributed by atoms with van der Waals surface area (Å²) in [5, 5.41) is 0. The van der Waals surface area contributed by atoms with E-state index in [4.69, 9.17) is 4.74 Å². The predicted molar refractivity (Wildman–Crippen MR) is 99.5 cm³/mol. The molecule has 3 heterocycles. The molecule has 1 fully saturated rings. The van der Waals surface area contributed by atoms with Crippen LogP contribution in [-0.2, 0) is 0 Å². The number of benzene rings is 1. The van der Waals surface area contributed by atoms with Crippen LogP contribution in [0.15, 0.2) is 55.4 Å². The van der Waals surface area contributed by atoms with Crippen LogP contribution in [0.3, 0.4) is 0 Å². The Bertz CT molecular complexity index is 853. The largest absolute Gasteiger partial charge is 0.492 e. The second-order valence-electron chi connectivity index (χ2n) is 6.68. The molecule has 0 N–H and O–H groups in total. The second-order valence-corrected chi connectivity index (χ2v) is 6.68. The Balaban J connectivity index is 1.38. The standard InChI is InChI=1S/C20H22FN5O/c21-17-3-5-18(6-4-17)27-13-12-25-10-1-2-16(14-25)19-20(24-8-7-23-19)26-11-9-22-15-26/h3-9,11,15-16H,1-2,10,12-14H2. The summed E-state index contributed by atoms with van der Waals surface area (Å²) in [6.07, 6.45) is 11.1. The zero-order chi connectivity index (χ0) is 18.5. The fourth-order valence-electron chi connectivity index (χ4n) is 3.52. The van der Waals surface area contributed by atoms with Crippen LogP contribution in [0.25, 0.3) is 5.82 Å². The summed E-state index contributed by atoms with van der Waals surface area (Å²) in [7, 11) is 0. The summed E-state index contributed by atoms with van der Waals surface area (Å²) in [5.41, 5.74) is 1.01. The number of hydrogen-bond donors (Lipinski definition) is 0. The molecule has 3 aromatic rings. The third-order valence-electron chi connectivity index (χ3n) is 4.84. The molecule has 1 saturated heterocycles. The SMILES string of the molecule is Fc1ccc(OCCN2CCCC(c3nccnc3-n3ccnc3)C2)cc1. The maximum atomic E-state index is 13.0. The molecular weight excluding hydrogens is 345 g/mol. The normalized spacial score (nSPS) is 17.7. The molecule has 1 aliphatic rings. The van der Waals surface area contributed by atoms with E-state index in [1.54, 1.807) is 37.1 Å². The zero-order valence-corrected chi connectivity index (χ0v) is 15.0. The molecule has 4 rings (SSSR count). The summed E-state index contributed by atoms with van der Waals surface area (Å²) in [4.78, 5) is 15.7. The first kappa shape index (κ1) is 17.6. The van der Waals surface area contributed by atoms with Gasteiger partial charge in [0.15, 0.2) is 5.82 Å². The van der Waals surface area contributed by atoms with E-state index < -0.39 is 0 Å². The molecular formula is C20H22FN5O. The van der Waals surface area contributed by atoms with Crippen LogP contribution in [0.2, 0.25) is 0 Å². The Kier molecular flexibility index (Phi) is 5.39. The second kappa shape index (κ2) is 8.26. The van der Waals surface area contributed by atoms with E-state index in [0.717, 1.165) is 44.0 Å². The molecule has 0 radical (unpaired) electrons. The number of rotatable bonds is 6. The molecule has 0 spiro atoms. The number of likely N-dealkylation sites (tertiary alicyclic amines) is 1. The van der Waals surface area contributed by atoms with Gasteiger partial charge in [-0.05, 0) is 43.7 Å². The van der Waals surface area contributed by atoms with Crippen LogP contribution >= 0.6 is 0 Å². The monoisotopic (exact) mass is 367 g/mol. The van der Waals surface area contributed by atoms with Gasteiger partial charge in [0.05, 0.1) is 5.69 Å². The highest BCUT2D eigenvalue weighted by molar-refractivity contribution is 5.31. The van der Waals surface area contributed by atoms with Crippen LogP contribution in [0.1, 0.15) is 24.5 Å². The smallest absolute Gasteiger partial charge is 0.160 e. The summed E-state index contributed by atoms with van der Waals surface area (Å²) >= 11 is 0. The van der Waals surface area contributed by atoms with Crippen molar-refractivity contribution in [2.75, 3.05) is 26.2 Å². The van der Waals surface area contributed by atoms with Crippen LogP contribution in [-0.4, -0.2) is 50.7 Å². The van der Waals surface area contributed by atoms with Gasteiger partial charge in [-0.15, -0.1) is 0 Å². The van der Waals surface area contributed by atoms with Gasteiger partial charge >= 0.3 is 0 Å². The summed E-state index contributed by atoms with van der Waals surface area (Å²) < 4.78 is 20.6. The Morgan fingerprint density at radius 1 is 1.11 bits per heavy atom. The lowest BCUT2D eigenvalue weighted by Crippen LogP contribution is -2.37. The van der Waals surface area contributed by atoms with Gasteiger partial charge in [-0.2, -0.15) is 0 Å². The predicted octanol–water partition coefficient (Wildman–Crippen LogP) is 3.06. The minimum absolute atomic E-state index is 0.251. The molecule has 2 aromatic heterocycles. The van der Waals surface area contributed by atoms with Gasteiger partial charge in [0, 0.05) is 43.8 Å². The van der Waals surface area contributed by atoms with Gasteiger partial charge in [0.2, 0.25) is 0 Å². The van der Waals surface area contributed by atoms with Crippen molar-refractivity contribution in [3.8, 4) is 11.6 Å². The molecule has 1 unspecified atom stereocenters. The first-order valence-electron chi connectivity index (χ1n) is 9.19. The number of ether oxygens (including phenoxy) is 1. The number of piperidine rings is 1. The van der Waals surface area contributed by atoms with E-state index >= 15 is 0 Å². The minimum Gasteiger partial charge on any atom is -0.492 e. The minimum atomic E-state index is -0.251. The summed E-state index contributed by atoms with van der Waals surface area (Å²) in [6, 6.07) is 6.15. The quantitative estimate of drug-likeness (QED) is 0.670. The van der Waals surface area contributed by atoms with Gasteiger partial charge in [0.1, 0.15) is 24.5 Å². The van der Waals surface area contributed by atoms with Crippen molar-refractivity contribution in [2.45, 2.75) is 18.8 Å². The third kappa shape index (κ3) is 4.31. The van der Waals surface area contributed by atoms with Gasteiger partial charge in [-0.1, -0.05) is 0 Å². The molecule has 1 aliphatic heterocycles. The van der Waals surface area contributed by atoms with Crippen molar-refractivity contribution in [2.24, 2.45) is 0 Å². The topological polar surface area (TPSA) is 56.1 Å². The molecule has 0 aliphatic carbocycles. The Hall–Kier alpha value is -2.80. The number of hydrogen-bond acceptors (Lipinski definition) is 5. The molecule has 1 aromatic carbocycles. The highest BCUT2D eigenvalue weighted by Crippen LogP contribution is 2.28. The van der Waals surface area contributed by atoms with Crippen molar-refractivity contribution >= 4 is 0 Å². The number of aromatic nitrogens is 4. The maximum Gasteiger partial charge on any atom is 0.160 e. The lowest BCUT2D eigenvalue weighted by atomic mass is 9.94. The maximum absolute atomic E-state index is 13.0. The number of halogens is 1. The van der Waals surface area contributed by atoms with E-state index in [2.05, 4.69) is 19.9 Å². The molecule has 0 amide bonds. The van der Waals surface area contributed by atoms with Crippen molar-refractivity contribution in [3.63, 3.8) is 0 Å². The molecule has 140 valence electrons. The fourth-order valence-corrected chi connectivity index (χ4v) is 3.52. The Labute approximate surface area is 157 Å². The zero-order valence-electron chi connectivity index (χ0n) is 15.0. The number of imidazole rings is 1. The molecule has 0 bridgehead atoms. The lowest BCUT2D eigenvalue weighted by molar-refractivity contribution is 0.169. The summed E-state index contributed by atoms with van der Waals surface area (Å²) in [5.74, 6) is 1.63. The van der Waals surface area contributed by atoms with Crippen LogP contribution in [0.5, 0.6) is 5.75 Å². The van der Waals surface area contributed by atoms with Crippen molar-refractivity contribution in [3.05, 3.63) is 66.9 Å². The van der Waals surface area contributed by atoms with Crippen molar-refractivity contribution in [1.29, 1.82) is 0 Å². The van der Waals surface area contributed by atoms with Crippen molar-refractivity contribution < 1.29 is 9.13 Å². The van der Waals surface area contributed by atoms with E-state index in [0.29, 0.717) is 18.3 Å². The molecule has 7 heteroatoms. The van der Waals surface area contributed by atoms with Gasteiger partial charge in [-0.25, -0.2) is 14.4 Å². The van der Waals surface area contributed by atoms with E-state index in [1.807, 2.05) is 10.8 Å². The average molecular weight is 367 g/mol. The van der Waals surface area contributed by atoms with Crippen LogP contribution < -0.4 is 4.74 Å². The molecule has 0 saturated carbocycles. The Morgan fingerprint density at radius 3 is 2.78 bits per heavy atom. The molecule has 27 heavy (non-hydrogen) atoms. The van der Waals surface area contributed by atoms with Gasteiger partial charge in [0.25, 0.3) is 0 Å². The first-order valence-corrected chi connectivity index (χ1v) is 9.19. The average Bonchev–Trinajstić information content (AvgIpc) is 3.25. The molecule has 6 nitrogen and oxygen atoms in total. The highest BCUT2D eigenvalue weighted by Gasteiger charge is 2.25. The van der Waals surface area contributed by atoms with E-state index in [1.165, 1.54) is 12.1 Å². The van der Waals surface area contributed by atoms with Gasteiger partial charge < -0.3 is 4.74 Å². The summed E-state index contributed by atoms with van der Waals surface area (Å²) in [6.45, 7) is 3.37. The lowest BCUT2D eigenvalue weighted by Gasteiger charge is -2.32. The van der Waals surface area contributed by atoms with Gasteiger partial charge in [-0.3, -0.25) is 14.5 Å². The highest BCUT2D eigenvalue weighted by atomic mass is 19.1. The fraction of sp³-hybridized carbons (Fsp3) is 0.350. The van der Waals surface area contributed by atoms with Crippen molar-refractivity contribution in [1.82, 2.24) is 24.4 Å². The third-order valence-corrected chi connectivity index (χ3v) is 4.84.